The minimum atomic E-state index is -1.03. The number of carboxylic acid groups (broad SMARTS) is 1. The van der Waals surface area contributed by atoms with Crippen LogP contribution in [0.25, 0.3) is 0 Å². The second kappa shape index (κ2) is 5.11. The van der Waals surface area contributed by atoms with E-state index < -0.39 is 5.97 Å². The predicted octanol–water partition coefficient (Wildman–Crippen LogP) is 1.06. The van der Waals surface area contributed by atoms with E-state index in [0.29, 0.717) is 18.9 Å². The number of ether oxygens (including phenoxy) is 1. The molecule has 0 bridgehead atoms. The standard InChI is InChI=1S/C11H11N3O3/c15-11(16)10-3-5-14(13-10)6-7-17-9-2-1-4-12-8-9/h1-5,8H,6-7H2,(H,15,16). The van der Waals surface area contributed by atoms with Crippen LogP contribution in [-0.2, 0) is 6.54 Å². The van der Waals surface area contributed by atoms with Gasteiger partial charge in [-0.15, -0.1) is 0 Å². The molecule has 88 valence electrons. The van der Waals surface area contributed by atoms with Gasteiger partial charge < -0.3 is 9.84 Å². The summed E-state index contributed by atoms with van der Waals surface area (Å²) in [5.74, 6) is -0.352. The van der Waals surface area contributed by atoms with Crippen LogP contribution in [-0.4, -0.2) is 32.4 Å². The van der Waals surface area contributed by atoms with E-state index in [2.05, 4.69) is 10.1 Å². The van der Waals surface area contributed by atoms with Gasteiger partial charge in [-0.25, -0.2) is 4.79 Å². The van der Waals surface area contributed by atoms with Crippen molar-refractivity contribution in [1.29, 1.82) is 0 Å². The number of carbonyl (C=O) groups is 1. The minimum Gasteiger partial charge on any atom is -0.490 e. The lowest BCUT2D eigenvalue weighted by molar-refractivity contribution is 0.0689. The molecule has 0 unspecified atom stereocenters. The van der Waals surface area contributed by atoms with Crippen molar-refractivity contribution in [3.8, 4) is 5.75 Å². The van der Waals surface area contributed by atoms with Gasteiger partial charge in [0.25, 0.3) is 0 Å². The van der Waals surface area contributed by atoms with Crippen LogP contribution in [0.2, 0.25) is 0 Å². The van der Waals surface area contributed by atoms with E-state index in [0.717, 1.165) is 0 Å². The summed E-state index contributed by atoms with van der Waals surface area (Å²) in [5.41, 5.74) is 0.0337. The third kappa shape index (κ3) is 3.04. The number of rotatable bonds is 5. The molecule has 2 heterocycles. The number of aromatic nitrogens is 3. The quantitative estimate of drug-likeness (QED) is 0.835. The number of carboxylic acids is 1. The molecule has 0 aliphatic carbocycles. The molecule has 0 aliphatic heterocycles. The highest BCUT2D eigenvalue weighted by atomic mass is 16.5. The molecule has 2 aromatic rings. The molecule has 1 N–H and O–H groups in total. The van der Waals surface area contributed by atoms with Crippen LogP contribution in [0.15, 0.2) is 36.8 Å². The molecule has 0 aliphatic rings. The highest BCUT2D eigenvalue weighted by molar-refractivity contribution is 5.84. The second-order valence-corrected chi connectivity index (χ2v) is 3.31. The summed E-state index contributed by atoms with van der Waals surface area (Å²) in [6, 6.07) is 5.04. The van der Waals surface area contributed by atoms with Crippen molar-refractivity contribution in [3.05, 3.63) is 42.5 Å². The largest absolute Gasteiger partial charge is 0.490 e. The van der Waals surface area contributed by atoms with Crippen molar-refractivity contribution in [3.63, 3.8) is 0 Å². The summed E-state index contributed by atoms with van der Waals surface area (Å²) in [5, 5.41) is 12.5. The number of pyridine rings is 1. The Bertz CT molecular complexity index is 496. The van der Waals surface area contributed by atoms with Gasteiger partial charge in [0.15, 0.2) is 5.69 Å². The van der Waals surface area contributed by atoms with Crippen LogP contribution < -0.4 is 4.74 Å². The van der Waals surface area contributed by atoms with Crippen LogP contribution in [0.4, 0.5) is 0 Å². The highest BCUT2D eigenvalue weighted by Crippen LogP contribution is 2.05. The maximum atomic E-state index is 10.6. The fourth-order valence-electron chi connectivity index (χ4n) is 1.29. The van der Waals surface area contributed by atoms with Gasteiger partial charge in [0.1, 0.15) is 12.4 Å². The van der Waals surface area contributed by atoms with Crippen molar-refractivity contribution in [2.75, 3.05) is 6.61 Å². The Morgan fingerprint density at radius 2 is 2.35 bits per heavy atom. The summed E-state index contributed by atoms with van der Waals surface area (Å²) in [7, 11) is 0. The Morgan fingerprint density at radius 1 is 1.47 bits per heavy atom. The molecule has 0 radical (unpaired) electrons. The monoisotopic (exact) mass is 233 g/mol. The van der Waals surface area contributed by atoms with Gasteiger partial charge >= 0.3 is 5.97 Å². The lowest BCUT2D eigenvalue weighted by Gasteiger charge is -2.05. The Morgan fingerprint density at radius 3 is 3.00 bits per heavy atom. The van der Waals surface area contributed by atoms with Gasteiger partial charge in [0, 0.05) is 12.4 Å². The van der Waals surface area contributed by atoms with Gasteiger partial charge in [0.05, 0.1) is 12.7 Å². The summed E-state index contributed by atoms with van der Waals surface area (Å²) >= 11 is 0. The maximum absolute atomic E-state index is 10.6. The molecule has 2 rings (SSSR count). The minimum absolute atomic E-state index is 0.0337. The fraction of sp³-hybridized carbons (Fsp3) is 0.182. The van der Waals surface area contributed by atoms with E-state index in [1.54, 1.807) is 30.7 Å². The first-order valence-electron chi connectivity index (χ1n) is 5.05. The number of hydrogen-bond donors (Lipinski definition) is 1. The molecule has 2 aromatic heterocycles. The van der Waals surface area contributed by atoms with Crippen LogP contribution in [0.1, 0.15) is 10.5 Å². The van der Waals surface area contributed by atoms with E-state index in [1.165, 1.54) is 10.7 Å². The van der Waals surface area contributed by atoms with Gasteiger partial charge in [-0.3, -0.25) is 9.67 Å². The van der Waals surface area contributed by atoms with Crippen molar-refractivity contribution in [1.82, 2.24) is 14.8 Å². The van der Waals surface area contributed by atoms with Crippen LogP contribution in [0.3, 0.4) is 0 Å². The summed E-state index contributed by atoms with van der Waals surface area (Å²) in [4.78, 5) is 14.5. The topological polar surface area (TPSA) is 77.2 Å². The molecule has 17 heavy (non-hydrogen) atoms. The molecule has 0 aromatic carbocycles. The summed E-state index contributed by atoms with van der Waals surface area (Å²) in [6.45, 7) is 0.897. The summed E-state index contributed by atoms with van der Waals surface area (Å²) in [6.07, 6.45) is 4.89. The Kier molecular flexibility index (Phi) is 3.34. The zero-order valence-corrected chi connectivity index (χ0v) is 8.98. The predicted molar refractivity (Wildman–Crippen MR) is 58.9 cm³/mol. The first-order chi connectivity index (χ1) is 8.25. The lowest BCUT2D eigenvalue weighted by atomic mass is 10.4. The number of aromatic carboxylic acids is 1. The van der Waals surface area contributed by atoms with E-state index in [1.807, 2.05) is 0 Å². The molecule has 6 heteroatoms. The maximum Gasteiger partial charge on any atom is 0.356 e. The Labute approximate surface area is 97.5 Å². The number of nitrogens with zero attached hydrogens (tertiary/aromatic N) is 3. The average molecular weight is 233 g/mol. The van der Waals surface area contributed by atoms with Gasteiger partial charge in [-0.05, 0) is 18.2 Å². The highest BCUT2D eigenvalue weighted by Gasteiger charge is 2.06. The third-order valence-corrected chi connectivity index (χ3v) is 2.08. The molecule has 0 atom stereocenters. The van der Waals surface area contributed by atoms with Crippen molar-refractivity contribution in [2.45, 2.75) is 6.54 Å². The third-order valence-electron chi connectivity index (χ3n) is 2.08. The Hall–Kier alpha value is -2.37. The molecule has 0 saturated heterocycles. The molecule has 0 saturated carbocycles. The van der Waals surface area contributed by atoms with E-state index in [-0.39, 0.29) is 5.69 Å². The smallest absolute Gasteiger partial charge is 0.356 e. The van der Waals surface area contributed by atoms with Gasteiger partial charge in [-0.1, -0.05) is 0 Å². The lowest BCUT2D eigenvalue weighted by Crippen LogP contribution is -2.09. The van der Waals surface area contributed by atoms with Crippen molar-refractivity contribution >= 4 is 5.97 Å². The molecule has 6 nitrogen and oxygen atoms in total. The van der Waals surface area contributed by atoms with Crippen molar-refractivity contribution < 1.29 is 14.6 Å². The zero-order chi connectivity index (χ0) is 12.1. The van der Waals surface area contributed by atoms with Gasteiger partial charge in [0.2, 0.25) is 0 Å². The van der Waals surface area contributed by atoms with Crippen molar-refractivity contribution in [2.24, 2.45) is 0 Å². The SMILES string of the molecule is O=C(O)c1ccn(CCOc2cccnc2)n1. The van der Waals surface area contributed by atoms with E-state index in [9.17, 15) is 4.79 Å². The van der Waals surface area contributed by atoms with Gasteiger partial charge in [-0.2, -0.15) is 5.10 Å². The molecule has 0 amide bonds. The van der Waals surface area contributed by atoms with Crippen LogP contribution in [0, 0.1) is 0 Å². The first kappa shape index (κ1) is 11.1. The second-order valence-electron chi connectivity index (χ2n) is 3.31. The summed E-state index contributed by atoms with van der Waals surface area (Å²) < 4.78 is 6.94. The van der Waals surface area contributed by atoms with Crippen LogP contribution in [0.5, 0.6) is 5.75 Å². The molecular formula is C11H11N3O3. The van der Waals surface area contributed by atoms with E-state index >= 15 is 0 Å². The average Bonchev–Trinajstić information content (AvgIpc) is 2.79. The molecular weight excluding hydrogens is 222 g/mol. The molecule has 0 fully saturated rings. The first-order valence-corrected chi connectivity index (χ1v) is 5.05. The zero-order valence-electron chi connectivity index (χ0n) is 8.98. The van der Waals surface area contributed by atoms with E-state index in [4.69, 9.17) is 9.84 Å². The number of hydrogen-bond acceptors (Lipinski definition) is 4. The van der Waals surface area contributed by atoms with Crippen LogP contribution >= 0.6 is 0 Å². The Balaban J connectivity index is 1.84. The normalized spacial score (nSPS) is 10.1. The molecule has 0 spiro atoms. The fourth-order valence-corrected chi connectivity index (χ4v) is 1.29.